The molecule has 0 aromatic carbocycles. The molecule has 2 rings (SSSR count). The Morgan fingerprint density at radius 1 is 1.41 bits per heavy atom. The van der Waals surface area contributed by atoms with Crippen molar-refractivity contribution in [2.45, 2.75) is 26.6 Å². The van der Waals surface area contributed by atoms with E-state index in [9.17, 15) is 4.79 Å². The maximum Gasteiger partial charge on any atom is 0.328 e. The van der Waals surface area contributed by atoms with Gasteiger partial charge in [-0.25, -0.2) is 4.79 Å². The lowest BCUT2D eigenvalue weighted by atomic mass is 10.3. The molecule has 0 aliphatic rings. The van der Waals surface area contributed by atoms with Crippen LogP contribution in [0.5, 0.6) is 0 Å². The second-order valence-corrected chi connectivity index (χ2v) is 3.71. The summed E-state index contributed by atoms with van der Waals surface area (Å²) in [6.07, 6.45) is 3.51. The standard InChI is InChI=1S/C11H15N3O3/c1-3-13-4-5-14(11(13)15)7-9-6-10(8-16-2)17-12-9/h4-6H,3,7-8H2,1-2H3. The molecule has 6 heteroatoms. The Labute approximate surface area is 98.4 Å². The van der Waals surface area contributed by atoms with Crippen LogP contribution in [0.3, 0.4) is 0 Å². The molecule has 0 bridgehead atoms. The van der Waals surface area contributed by atoms with E-state index < -0.39 is 0 Å². The number of ether oxygens (including phenoxy) is 1. The highest BCUT2D eigenvalue weighted by Crippen LogP contribution is 2.05. The van der Waals surface area contributed by atoms with Gasteiger partial charge in [-0.15, -0.1) is 0 Å². The van der Waals surface area contributed by atoms with Crippen molar-refractivity contribution >= 4 is 0 Å². The van der Waals surface area contributed by atoms with E-state index in [0.717, 1.165) is 0 Å². The predicted molar refractivity (Wildman–Crippen MR) is 60.7 cm³/mol. The van der Waals surface area contributed by atoms with E-state index in [4.69, 9.17) is 9.26 Å². The van der Waals surface area contributed by atoms with Crippen molar-refractivity contribution in [1.82, 2.24) is 14.3 Å². The Morgan fingerprint density at radius 2 is 2.18 bits per heavy atom. The van der Waals surface area contributed by atoms with Gasteiger partial charge in [0, 0.05) is 32.1 Å². The third-order valence-corrected chi connectivity index (χ3v) is 2.49. The van der Waals surface area contributed by atoms with E-state index in [-0.39, 0.29) is 5.69 Å². The lowest BCUT2D eigenvalue weighted by Crippen LogP contribution is -2.23. The van der Waals surface area contributed by atoms with E-state index in [0.29, 0.717) is 31.2 Å². The third kappa shape index (κ3) is 2.47. The summed E-state index contributed by atoms with van der Waals surface area (Å²) in [6, 6.07) is 1.79. The second kappa shape index (κ2) is 5.01. The summed E-state index contributed by atoms with van der Waals surface area (Å²) in [5, 5.41) is 3.88. The molecule has 2 heterocycles. The van der Waals surface area contributed by atoms with Crippen molar-refractivity contribution in [2.24, 2.45) is 0 Å². The van der Waals surface area contributed by atoms with Crippen LogP contribution < -0.4 is 5.69 Å². The van der Waals surface area contributed by atoms with Crippen LogP contribution in [0.1, 0.15) is 18.4 Å². The number of hydrogen-bond donors (Lipinski definition) is 0. The maximum atomic E-state index is 11.8. The monoisotopic (exact) mass is 237 g/mol. The van der Waals surface area contributed by atoms with Gasteiger partial charge in [-0.05, 0) is 6.92 Å². The van der Waals surface area contributed by atoms with Gasteiger partial charge in [0.25, 0.3) is 0 Å². The number of imidazole rings is 1. The Balaban J connectivity index is 2.14. The first-order chi connectivity index (χ1) is 8.24. The summed E-state index contributed by atoms with van der Waals surface area (Å²) in [5.41, 5.74) is 0.678. The molecule has 92 valence electrons. The molecule has 0 atom stereocenters. The van der Waals surface area contributed by atoms with Crippen molar-refractivity contribution in [2.75, 3.05) is 7.11 Å². The third-order valence-electron chi connectivity index (χ3n) is 2.49. The topological polar surface area (TPSA) is 62.2 Å². The molecule has 2 aromatic rings. The SMILES string of the molecule is CCn1ccn(Cc2cc(COC)on2)c1=O. The van der Waals surface area contributed by atoms with Crippen molar-refractivity contribution in [1.29, 1.82) is 0 Å². The smallest absolute Gasteiger partial charge is 0.328 e. The lowest BCUT2D eigenvalue weighted by molar-refractivity contribution is 0.155. The first-order valence-corrected chi connectivity index (χ1v) is 5.43. The van der Waals surface area contributed by atoms with Crippen LogP contribution in [0.2, 0.25) is 0 Å². The van der Waals surface area contributed by atoms with Gasteiger partial charge in [0.2, 0.25) is 0 Å². The molecule has 0 amide bonds. The minimum Gasteiger partial charge on any atom is -0.377 e. The average molecular weight is 237 g/mol. The zero-order valence-electron chi connectivity index (χ0n) is 9.92. The number of aryl methyl sites for hydroxylation is 1. The van der Waals surface area contributed by atoms with Crippen LogP contribution in [-0.2, 0) is 24.4 Å². The van der Waals surface area contributed by atoms with E-state index in [1.54, 1.807) is 34.7 Å². The molecule has 0 radical (unpaired) electrons. The Bertz CT molecular complexity index is 538. The van der Waals surface area contributed by atoms with Gasteiger partial charge in [0.05, 0.1) is 6.54 Å². The molecule has 0 aliphatic carbocycles. The van der Waals surface area contributed by atoms with Crippen LogP contribution in [0.25, 0.3) is 0 Å². The van der Waals surface area contributed by atoms with Crippen molar-refractivity contribution in [3.05, 3.63) is 40.4 Å². The van der Waals surface area contributed by atoms with Crippen molar-refractivity contribution in [3.63, 3.8) is 0 Å². The molecule has 0 aliphatic heterocycles. The molecular formula is C11H15N3O3. The fourth-order valence-electron chi connectivity index (χ4n) is 1.63. The van der Waals surface area contributed by atoms with Crippen LogP contribution in [0.15, 0.2) is 27.8 Å². The summed E-state index contributed by atoms with van der Waals surface area (Å²) in [4.78, 5) is 11.8. The van der Waals surface area contributed by atoms with Gasteiger partial charge in [-0.2, -0.15) is 0 Å². The zero-order valence-corrected chi connectivity index (χ0v) is 9.92. The van der Waals surface area contributed by atoms with E-state index in [1.807, 2.05) is 6.92 Å². The lowest BCUT2D eigenvalue weighted by Gasteiger charge is -1.96. The average Bonchev–Trinajstić information content (AvgIpc) is 2.89. The number of hydrogen-bond acceptors (Lipinski definition) is 4. The molecule has 0 unspecified atom stereocenters. The second-order valence-electron chi connectivity index (χ2n) is 3.71. The molecule has 0 spiro atoms. The first-order valence-electron chi connectivity index (χ1n) is 5.43. The van der Waals surface area contributed by atoms with E-state index in [2.05, 4.69) is 5.16 Å². The summed E-state index contributed by atoms with van der Waals surface area (Å²) in [7, 11) is 1.59. The summed E-state index contributed by atoms with van der Waals surface area (Å²) >= 11 is 0. The largest absolute Gasteiger partial charge is 0.377 e. The highest BCUT2D eigenvalue weighted by atomic mass is 16.5. The number of aromatic nitrogens is 3. The number of rotatable bonds is 5. The molecule has 0 N–H and O–H groups in total. The van der Waals surface area contributed by atoms with Gasteiger partial charge in [0.1, 0.15) is 12.3 Å². The van der Waals surface area contributed by atoms with Gasteiger partial charge < -0.3 is 9.26 Å². The Kier molecular flexibility index (Phi) is 3.43. The van der Waals surface area contributed by atoms with Gasteiger partial charge in [0.15, 0.2) is 5.76 Å². The fraction of sp³-hybridized carbons (Fsp3) is 0.455. The van der Waals surface area contributed by atoms with Crippen molar-refractivity contribution < 1.29 is 9.26 Å². The number of methoxy groups -OCH3 is 1. The van der Waals surface area contributed by atoms with Crippen LogP contribution in [0, 0.1) is 0 Å². The van der Waals surface area contributed by atoms with E-state index in [1.165, 1.54) is 0 Å². The molecular weight excluding hydrogens is 222 g/mol. The van der Waals surface area contributed by atoms with Crippen LogP contribution in [0.4, 0.5) is 0 Å². The van der Waals surface area contributed by atoms with Crippen LogP contribution >= 0.6 is 0 Å². The highest BCUT2D eigenvalue weighted by molar-refractivity contribution is 5.05. The number of nitrogens with zero attached hydrogens (tertiary/aromatic N) is 3. The van der Waals surface area contributed by atoms with Crippen LogP contribution in [-0.4, -0.2) is 21.4 Å². The Hall–Kier alpha value is -1.82. The minimum atomic E-state index is -0.0382. The first kappa shape index (κ1) is 11.7. The summed E-state index contributed by atoms with van der Waals surface area (Å²) in [6.45, 7) is 3.40. The molecule has 0 saturated carbocycles. The predicted octanol–water partition coefficient (Wildman–Crippen LogP) is 0.852. The molecule has 2 aromatic heterocycles. The molecule has 17 heavy (non-hydrogen) atoms. The Morgan fingerprint density at radius 3 is 2.82 bits per heavy atom. The highest BCUT2D eigenvalue weighted by Gasteiger charge is 2.07. The quantitative estimate of drug-likeness (QED) is 0.773. The van der Waals surface area contributed by atoms with Gasteiger partial charge >= 0.3 is 5.69 Å². The van der Waals surface area contributed by atoms with Gasteiger partial charge in [-0.3, -0.25) is 9.13 Å². The zero-order chi connectivity index (χ0) is 12.3. The minimum absolute atomic E-state index is 0.0382. The van der Waals surface area contributed by atoms with Crippen molar-refractivity contribution in [3.8, 4) is 0 Å². The molecule has 6 nitrogen and oxygen atoms in total. The van der Waals surface area contributed by atoms with Gasteiger partial charge in [-0.1, -0.05) is 5.16 Å². The van der Waals surface area contributed by atoms with E-state index >= 15 is 0 Å². The summed E-state index contributed by atoms with van der Waals surface area (Å²) < 4.78 is 13.2. The maximum absolute atomic E-state index is 11.8. The molecule has 0 saturated heterocycles. The normalized spacial score (nSPS) is 10.9. The molecule has 0 fully saturated rings. The fourth-order valence-corrected chi connectivity index (χ4v) is 1.63. The summed E-state index contributed by atoms with van der Waals surface area (Å²) in [5.74, 6) is 0.658.